The van der Waals surface area contributed by atoms with Crippen molar-refractivity contribution in [2.24, 2.45) is 10.8 Å². The van der Waals surface area contributed by atoms with Crippen LogP contribution in [0.15, 0.2) is 6.08 Å². The SMILES string of the molecule is CC1(C)COC2(CCC=[C-]C2(C)C)OC1.[Li+]. The van der Waals surface area contributed by atoms with Crippen molar-refractivity contribution in [3.05, 3.63) is 12.2 Å². The summed E-state index contributed by atoms with van der Waals surface area (Å²) in [7, 11) is 0. The van der Waals surface area contributed by atoms with E-state index in [0.29, 0.717) is 0 Å². The van der Waals surface area contributed by atoms with E-state index < -0.39 is 5.79 Å². The van der Waals surface area contributed by atoms with Gasteiger partial charge in [0, 0.05) is 11.8 Å². The van der Waals surface area contributed by atoms with Gasteiger partial charge in [0.2, 0.25) is 0 Å². The summed E-state index contributed by atoms with van der Waals surface area (Å²) >= 11 is 0. The number of allylic oxidation sites excluding steroid dienone is 1. The van der Waals surface area contributed by atoms with Gasteiger partial charge in [0.1, 0.15) is 5.79 Å². The Bertz CT molecular complexity index is 272. The zero-order valence-electron chi connectivity index (χ0n) is 11.2. The molecule has 0 unspecified atom stereocenters. The van der Waals surface area contributed by atoms with E-state index in [1.54, 1.807) is 0 Å². The number of ether oxygens (including phenoxy) is 2. The minimum Gasteiger partial charge on any atom is -0.490 e. The van der Waals surface area contributed by atoms with Crippen molar-refractivity contribution in [1.82, 2.24) is 0 Å². The second-order valence-corrected chi connectivity index (χ2v) is 6.01. The number of rotatable bonds is 0. The molecule has 0 aromatic heterocycles. The van der Waals surface area contributed by atoms with Crippen molar-refractivity contribution in [3.63, 3.8) is 0 Å². The Morgan fingerprint density at radius 3 is 2.12 bits per heavy atom. The molecule has 0 N–H and O–H groups in total. The molecular formula is C13H21LiO2. The zero-order valence-corrected chi connectivity index (χ0v) is 11.2. The van der Waals surface area contributed by atoms with Crippen molar-refractivity contribution in [2.45, 2.75) is 46.3 Å². The van der Waals surface area contributed by atoms with Crippen molar-refractivity contribution in [2.75, 3.05) is 13.2 Å². The van der Waals surface area contributed by atoms with E-state index in [9.17, 15) is 0 Å². The molecule has 2 aliphatic rings. The zero-order chi connectivity index (χ0) is 11.2. The van der Waals surface area contributed by atoms with Crippen LogP contribution in [-0.2, 0) is 9.47 Å². The standard InChI is InChI=1S/C13H21O2.Li/c1-11(2)9-14-13(15-10-11)8-6-5-7-12(13,3)4;/h5H,6,8-10H2,1-4H3;/q-1;+1. The van der Waals surface area contributed by atoms with Crippen LogP contribution in [0.1, 0.15) is 40.5 Å². The molecule has 0 atom stereocenters. The molecule has 0 bridgehead atoms. The maximum absolute atomic E-state index is 6.03. The minimum absolute atomic E-state index is 0. The van der Waals surface area contributed by atoms with Gasteiger partial charge in [-0.25, -0.2) is 0 Å². The topological polar surface area (TPSA) is 18.5 Å². The maximum Gasteiger partial charge on any atom is 1.00 e. The second kappa shape index (κ2) is 4.50. The Kier molecular flexibility index (Phi) is 4.03. The third-order valence-corrected chi connectivity index (χ3v) is 3.43. The molecule has 1 heterocycles. The average Bonchev–Trinajstić information content (AvgIpc) is 2.14. The fourth-order valence-corrected chi connectivity index (χ4v) is 2.22. The fraction of sp³-hybridized carbons (Fsp3) is 0.846. The van der Waals surface area contributed by atoms with Crippen LogP contribution in [0.3, 0.4) is 0 Å². The summed E-state index contributed by atoms with van der Waals surface area (Å²) in [4.78, 5) is 0. The molecule has 16 heavy (non-hydrogen) atoms. The molecule has 86 valence electrons. The Morgan fingerprint density at radius 2 is 1.62 bits per heavy atom. The molecular weight excluding hydrogens is 195 g/mol. The Morgan fingerprint density at radius 1 is 1.06 bits per heavy atom. The molecule has 2 rings (SSSR count). The molecule has 2 nitrogen and oxygen atoms in total. The smallest absolute Gasteiger partial charge is 0.490 e. The largest absolute Gasteiger partial charge is 1.00 e. The first-order chi connectivity index (χ1) is 6.87. The normalized spacial score (nSPS) is 29.8. The maximum atomic E-state index is 6.03. The molecule has 0 radical (unpaired) electrons. The molecule has 0 aromatic rings. The van der Waals surface area contributed by atoms with Gasteiger partial charge in [-0.3, -0.25) is 6.08 Å². The van der Waals surface area contributed by atoms with Crippen LogP contribution < -0.4 is 18.9 Å². The summed E-state index contributed by atoms with van der Waals surface area (Å²) in [5.41, 5.74) is 0.00421. The van der Waals surface area contributed by atoms with Gasteiger partial charge in [-0.15, -0.1) is 5.41 Å². The third kappa shape index (κ3) is 2.41. The first kappa shape index (κ1) is 14.3. The van der Waals surface area contributed by atoms with E-state index >= 15 is 0 Å². The van der Waals surface area contributed by atoms with Gasteiger partial charge < -0.3 is 15.5 Å². The molecule has 1 spiro atoms. The molecule has 1 saturated heterocycles. The molecule has 1 fully saturated rings. The quantitative estimate of drug-likeness (QED) is 0.417. The van der Waals surface area contributed by atoms with E-state index in [2.05, 4.69) is 39.8 Å². The van der Waals surface area contributed by atoms with Crippen LogP contribution in [-0.4, -0.2) is 19.0 Å². The van der Waals surface area contributed by atoms with Crippen LogP contribution in [0, 0.1) is 16.9 Å². The van der Waals surface area contributed by atoms with Gasteiger partial charge in [0.15, 0.2) is 0 Å². The van der Waals surface area contributed by atoms with Crippen molar-refractivity contribution in [1.29, 1.82) is 0 Å². The minimum atomic E-state index is -0.433. The summed E-state index contributed by atoms with van der Waals surface area (Å²) < 4.78 is 12.1. The fourth-order valence-electron chi connectivity index (χ4n) is 2.22. The third-order valence-electron chi connectivity index (χ3n) is 3.43. The van der Waals surface area contributed by atoms with Crippen LogP contribution >= 0.6 is 0 Å². The Hall–Kier alpha value is 0.257. The van der Waals surface area contributed by atoms with E-state index in [0.717, 1.165) is 26.1 Å². The molecule has 0 saturated carbocycles. The predicted molar refractivity (Wildman–Crippen MR) is 59.2 cm³/mol. The van der Waals surface area contributed by atoms with Gasteiger partial charge in [-0.1, -0.05) is 34.1 Å². The molecule has 1 aliphatic heterocycles. The predicted octanol–water partition coefficient (Wildman–Crippen LogP) is -0.0609. The molecule has 1 aliphatic carbocycles. The Balaban J connectivity index is 0.00000128. The summed E-state index contributed by atoms with van der Waals surface area (Å²) in [6.45, 7) is 10.2. The first-order valence-electron chi connectivity index (χ1n) is 5.74. The van der Waals surface area contributed by atoms with Crippen LogP contribution in [0.2, 0.25) is 0 Å². The van der Waals surface area contributed by atoms with Crippen molar-refractivity contribution >= 4 is 0 Å². The first-order valence-corrected chi connectivity index (χ1v) is 5.74. The van der Waals surface area contributed by atoms with Crippen molar-refractivity contribution < 1.29 is 28.3 Å². The van der Waals surface area contributed by atoms with E-state index in [1.165, 1.54) is 0 Å². The van der Waals surface area contributed by atoms with E-state index in [4.69, 9.17) is 9.47 Å². The number of hydrogen-bond donors (Lipinski definition) is 0. The van der Waals surface area contributed by atoms with Gasteiger partial charge in [0.25, 0.3) is 0 Å². The van der Waals surface area contributed by atoms with Gasteiger partial charge in [-0.05, 0) is 0 Å². The van der Waals surface area contributed by atoms with Crippen LogP contribution in [0.4, 0.5) is 0 Å². The van der Waals surface area contributed by atoms with Gasteiger partial charge in [-0.2, -0.15) is 0 Å². The molecule has 3 heteroatoms. The van der Waals surface area contributed by atoms with Gasteiger partial charge >= 0.3 is 18.9 Å². The van der Waals surface area contributed by atoms with Crippen LogP contribution in [0.25, 0.3) is 0 Å². The Labute approximate surface area is 111 Å². The average molecular weight is 216 g/mol. The second-order valence-electron chi connectivity index (χ2n) is 6.01. The molecule has 0 aromatic carbocycles. The monoisotopic (exact) mass is 216 g/mol. The molecule has 0 amide bonds. The summed E-state index contributed by atoms with van der Waals surface area (Å²) in [5, 5.41) is 0. The summed E-state index contributed by atoms with van der Waals surface area (Å²) in [6, 6.07) is 0. The van der Waals surface area contributed by atoms with E-state index in [-0.39, 0.29) is 29.7 Å². The van der Waals surface area contributed by atoms with Gasteiger partial charge in [0.05, 0.1) is 13.2 Å². The summed E-state index contributed by atoms with van der Waals surface area (Å²) in [6.07, 6.45) is 7.43. The van der Waals surface area contributed by atoms with Crippen LogP contribution in [0.5, 0.6) is 0 Å². The number of hydrogen-bond acceptors (Lipinski definition) is 2. The van der Waals surface area contributed by atoms with E-state index in [1.807, 2.05) is 0 Å². The summed E-state index contributed by atoms with van der Waals surface area (Å²) in [5.74, 6) is -0.433. The van der Waals surface area contributed by atoms with Crippen molar-refractivity contribution in [3.8, 4) is 0 Å².